The first kappa shape index (κ1) is 14.9. The number of carbonyl (C=O) groups excluding carboxylic acids is 1. The summed E-state index contributed by atoms with van der Waals surface area (Å²) < 4.78 is 16.0. The number of nitrogens with one attached hydrogen (secondary N) is 2. The lowest BCUT2D eigenvalue weighted by molar-refractivity contribution is -0.123. The molecule has 1 aromatic rings. The van der Waals surface area contributed by atoms with Crippen molar-refractivity contribution < 1.29 is 13.4 Å². The fourth-order valence-electron chi connectivity index (χ4n) is 1.43. The molecule has 5 nitrogen and oxygen atoms in total. The predicted molar refractivity (Wildman–Crippen MR) is 71.6 cm³/mol. The second-order valence-corrected chi connectivity index (χ2v) is 5.66. The Hall–Kier alpha value is -1.14. The second-order valence-electron chi connectivity index (χ2n) is 4.10. The zero-order chi connectivity index (χ0) is 13.4. The molecular weight excluding hydrogens is 252 g/mol. The molecule has 0 saturated carbocycles. The largest absolute Gasteiger partial charge is 0.467 e. The molecule has 6 heteroatoms. The zero-order valence-corrected chi connectivity index (χ0v) is 11.6. The molecule has 0 radical (unpaired) electrons. The summed E-state index contributed by atoms with van der Waals surface area (Å²) in [7, 11) is -0.768. The van der Waals surface area contributed by atoms with Crippen molar-refractivity contribution in [3.8, 4) is 0 Å². The van der Waals surface area contributed by atoms with Crippen LogP contribution in [0, 0.1) is 0 Å². The van der Waals surface area contributed by atoms with Gasteiger partial charge in [0.05, 0.1) is 18.8 Å². The second kappa shape index (κ2) is 8.05. The number of hydrogen-bond donors (Lipinski definition) is 2. The van der Waals surface area contributed by atoms with Gasteiger partial charge in [0.2, 0.25) is 5.91 Å². The van der Waals surface area contributed by atoms with Crippen molar-refractivity contribution in [3.63, 3.8) is 0 Å². The molecule has 102 valence electrons. The van der Waals surface area contributed by atoms with Gasteiger partial charge in [0.15, 0.2) is 0 Å². The van der Waals surface area contributed by atoms with Gasteiger partial charge in [-0.2, -0.15) is 0 Å². The minimum absolute atomic E-state index is 0.0657. The van der Waals surface area contributed by atoms with Crippen LogP contribution in [0.25, 0.3) is 0 Å². The Bertz CT molecular complexity index is 379. The van der Waals surface area contributed by atoms with Crippen LogP contribution in [0.3, 0.4) is 0 Å². The van der Waals surface area contributed by atoms with Crippen molar-refractivity contribution in [1.29, 1.82) is 0 Å². The third-order valence-electron chi connectivity index (χ3n) is 2.47. The average Bonchev–Trinajstić information content (AvgIpc) is 2.84. The highest BCUT2D eigenvalue weighted by molar-refractivity contribution is 7.84. The van der Waals surface area contributed by atoms with E-state index < -0.39 is 10.8 Å². The van der Waals surface area contributed by atoms with Crippen molar-refractivity contribution in [2.45, 2.75) is 25.9 Å². The minimum atomic E-state index is -0.768. The quantitative estimate of drug-likeness (QED) is 0.681. The summed E-state index contributed by atoms with van der Waals surface area (Å²) in [5.41, 5.74) is 0. The topological polar surface area (TPSA) is 71.3 Å². The summed E-state index contributed by atoms with van der Waals surface area (Å²) in [6.07, 6.45) is 4.06. The molecule has 1 heterocycles. The molecule has 0 fully saturated rings. The summed E-state index contributed by atoms with van der Waals surface area (Å²) in [4.78, 5) is 11.7. The molecule has 2 N–H and O–H groups in total. The SMILES string of the molecule is CC(NCCCS(C)=O)C(=O)NCc1ccco1. The lowest BCUT2D eigenvalue weighted by atomic mass is 10.3. The highest BCUT2D eigenvalue weighted by Crippen LogP contribution is 1.98. The number of furan rings is 1. The number of amides is 1. The van der Waals surface area contributed by atoms with E-state index in [9.17, 15) is 9.00 Å². The number of rotatable bonds is 8. The third-order valence-corrected chi connectivity index (χ3v) is 3.33. The average molecular weight is 272 g/mol. The Morgan fingerprint density at radius 2 is 2.33 bits per heavy atom. The first-order valence-electron chi connectivity index (χ1n) is 5.93. The molecule has 0 aliphatic carbocycles. The van der Waals surface area contributed by atoms with E-state index in [4.69, 9.17) is 4.42 Å². The molecule has 0 saturated heterocycles. The van der Waals surface area contributed by atoms with Gasteiger partial charge in [-0.25, -0.2) is 0 Å². The van der Waals surface area contributed by atoms with Crippen molar-refractivity contribution in [3.05, 3.63) is 24.2 Å². The number of hydrogen-bond acceptors (Lipinski definition) is 4. The first-order chi connectivity index (χ1) is 8.59. The van der Waals surface area contributed by atoms with Gasteiger partial charge < -0.3 is 15.1 Å². The maximum atomic E-state index is 11.7. The summed E-state index contributed by atoms with van der Waals surface area (Å²) in [5, 5.41) is 5.87. The molecule has 2 unspecified atom stereocenters. The molecule has 0 aromatic carbocycles. The Morgan fingerprint density at radius 3 is 2.94 bits per heavy atom. The van der Waals surface area contributed by atoms with Crippen LogP contribution in [-0.4, -0.2) is 34.7 Å². The van der Waals surface area contributed by atoms with Crippen molar-refractivity contribution in [2.75, 3.05) is 18.6 Å². The maximum absolute atomic E-state index is 11.7. The van der Waals surface area contributed by atoms with Crippen molar-refractivity contribution in [1.82, 2.24) is 10.6 Å². The molecule has 1 rings (SSSR count). The zero-order valence-electron chi connectivity index (χ0n) is 10.8. The van der Waals surface area contributed by atoms with E-state index >= 15 is 0 Å². The fraction of sp³-hybridized carbons (Fsp3) is 0.583. The van der Waals surface area contributed by atoms with Gasteiger partial charge >= 0.3 is 0 Å². The van der Waals surface area contributed by atoms with Gasteiger partial charge in [0.25, 0.3) is 0 Å². The molecule has 1 aromatic heterocycles. The fourth-order valence-corrected chi connectivity index (χ4v) is 1.98. The van der Waals surface area contributed by atoms with E-state index in [0.717, 1.165) is 12.2 Å². The van der Waals surface area contributed by atoms with Crippen LogP contribution >= 0.6 is 0 Å². The van der Waals surface area contributed by atoms with E-state index in [1.54, 1.807) is 25.5 Å². The summed E-state index contributed by atoms with van der Waals surface area (Å²) >= 11 is 0. The lowest BCUT2D eigenvalue weighted by Crippen LogP contribution is -2.42. The number of carbonyl (C=O) groups is 1. The first-order valence-corrected chi connectivity index (χ1v) is 7.66. The Balaban J connectivity index is 2.14. The van der Waals surface area contributed by atoms with Crippen LogP contribution in [0.4, 0.5) is 0 Å². The van der Waals surface area contributed by atoms with Gasteiger partial charge in [0.1, 0.15) is 5.76 Å². The molecule has 0 aliphatic rings. The molecule has 2 atom stereocenters. The molecule has 0 spiro atoms. The van der Waals surface area contributed by atoms with Gasteiger partial charge in [-0.05, 0) is 32.0 Å². The Labute approximate surface area is 110 Å². The van der Waals surface area contributed by atoms with Crippen LogP contribution in [0.5, 0.6) is 0 Å². The molecule has 0 aliphatic heterocycles. The van der Waals surface area contributed by atoms with E-state index in [0.29, 0.717) is 18.8 Å². The van der Waals surface area contributed by atoms with Gasteiger partial charge in [0, 0.05) is 22.8 Å². The van der Waals surface area contributed by atoms with Crippen molar-refractivity contribution >= 4 is 16.7 Å². The molecular formula is C12H20N2O3S. The third kappa shape index (κ3) is 5.97. The van der Waals surface area contributed by atoms with Gasteiger partial charge in [-0.15, -0.1) is 0 Å². The molecule has 1 amide bonds. The normalized spacial score (nSPS) is 14.1. The summed E-state index contributed by atoms with van der Waals surface area (Å²) in [6, 6.07) is 3.34. The van der Waals surface area contributed by atoms with E-state index in [1.807, 2.05) is 6.07 Å². The highest BCUT2D eigenvalue weighted by Gasteiger charge is 2.11. The van der Waals surface area contributed by atoms with Crippen LogP contribution in [0.15, 0.2) is 22.8 Å². The van der Waals surface area contributed by atoms with Crippen LogP contribution < -0.4 is 10.6 Å². The molecule has 0 bridgehead atoms. The minimum Gasteiger partial charge on any atom is -0.467 e. The summed E-state index contributed by atoms with van der Waals surface area (Å²) in [5.74, 6) is 1.33. The van der Waals surface area contributed by atoms with Crippen LogP contribution in [0.2, 0.25) is 0 Å². The van der Waals surface area contributed by atoms with E-state index in [2.05, 4.69) is 10.6 Å². The monoisotopic (exact) mass is 272 g/mol. The standard InChI is InChI=1S/C12H20N2O3S/c1-10(13-6-4-8-18(2)16)12(15)14-9-11-5-3-7-17-11/h3,5,7,10,13H,4,6,8-9H2,1-2H3,(H,14,15). The Morgan fingerprint density at radius 1 is 1.56 bits per heavy atom. The highest BCUT2D eigenvalue weighted by atomic mass is 32.2. The maximum Gasteiger partial charge on any atom is 0.237 e. The van der Waals surface area contributed by atoms with Gasteiger partial charge in [-0.3, -0.25) is 9.00 Å². The van der Waals surface area contributed by atoms with Crippen LogP contribution in [0.1, 0.15) is 19.1 Å². The summed E-state index contributed by atoms with van der Waals surface area (Å²) in [6.45, 7) is 2.89. The van der Waals surface area contributed by atoms with Gasteiger partial charge in [-0.1, -0.05) is 0 Å². The molecule has 18 heavy (non-hydrogen) atoms. The van der Waals surface area contributed by atoms with E-state index in [-0.39, 0.29) is 11.9 Å². The predicted octanol–water partition coefficient (Wildman–Crippen LogP) is 0.643. The smallest absolute Gasteiger partial charge is 0.237 e. The Kier molecular flexibility index (Phi) is 6.67. The lowest BCUT2D eigenvalue weighted by Gasteiger charge is -2.13. The van der Waals surface area contributed by atoms with Crippen LogP contribution in [-0.2, 0) is 22.1 Å². The van der Waals surface area contributed by atoms with Crippen molar-refractivity contribution in [2.24, 2.45) is 0 Å². The van der Waals surface area contributed by atoms with E-state index in [1.165, 1.54) is 0 Å².